The zero-order chi connectivity index (χ0) is 43.5. The summed E-state index contributed by atoms with van der Waals surface area (Å²) in [5, 5.41) is 2.31. The molecule has 2 aromatic heterocycles. The van der Waals surface area contributed by atoms with Crippen molar-refractivity contribution in [3.63, 3.8) is 0 Å². The Labute approximate surface area is 392 Å². The first kappa shape index (κ1) is 42.9. The molecule has 0 bridgehead atoms. The fourth-order valence-corrected chi connectivity index (χ4v) is 9.18. The number of nitrogens with zero attached hydrogens (tertiary/aromatic N) is 4. The van der Waals surface area contributed by atoms with Crippen LogP contribution in [0.3, 0.4) is 0 Å². The summed E-state index contributed by atoms with van der Waals surface area (Å²) in [5.41, 5.74) is 11.9. The van der Waals surface area contributed by atoms with E-state index in [0.717, 1.165) is 45.0 Å². The summed E-state index contributed by atoms with van der Waals surface area (Å²) in [6.45, 7) is 18.1. The first-order chi connectivity index (χ1) is 30.4. The standard InChI is InChI=1S/C58H51N4O.Pt/c1-56(2,3)49-27-18-30-52-55(49)48-32-31-47(38-53(48)62(52)54-36-43(33-34-59-54)58(6,7)41-21-12-9-13-22-41)63-46-26-17-25-45(37-46)61-39-60(50-28-14-15-29-51(50)61)44-24-16-23-42(35-44)57(4,5)40-19-10-8-11-20-40;/h8-36,39H,1-7H3;/q-3;. The van der Waals surface area contributed by atoms with Gasteiger partial charge in [-0.15, -0.1) is 48.1 Å². The molecule has 10 rings (SSSR count). The zero-order valence-electron chi connectivity index (χ0n) is 37.3. The molecule has 5 nitrogen and oxygen atoms in total. The third-order valence-electron chi connectivity index (χ3n) is 12.9. The Morgan fingerprint density at radius 2 is 1.12 bits per heavy atom. The van der Waals surface area contributed by atoms with Gasteiger partial charge in [0.1, 0.15) is 5.82 Å². The number of ether oxygens (including phenoxy) is 1. The molecule has 64 heavy (non-hydrogen) atoms. The first-order valence-corrected chi connectivity index (χ1v) is 21.8. The van der Waals surface area contributed by atoms with E-state index in [1.807, 2.05) is 24.4 Å². The molecule has 0 N–H and O–H groups in total. The van der Waals surface area contributed by atoms with Gasteiger partial charge < -0.3 is 19.1 Å². The molecule has 322 valence electrons. The van der Waals surface area contributed by atoms with E-state index in [1.54, 1.807) is 0 Å². The average molecular weight is 1020 g/mol. The van der Waals surface area contributed by atoms with Crippen molar-refractivity contribution in [3.05, 3.63) is 223 Å². The van der Waals surface area contributed by atoms with Crippen LogP contribution >= 0.6 is 0 Å². The van der Waals surface area contributed by atoms with Gasteiger partial charge in [-0.25, -0.2) is 4.98 Å². The average Bonchev–Trinajstić information content (AvgIpc) is 3.86. The van der Waals surface area contributed by atoms with Crippen LogP contribution in [0.25, 0.3) is 27.6 Å². The number of anilines is 4. The third kappa shape index (κ3) is 7.60. The van der Waals surface area contributed by atoms with Crippen LogP contribution in [-0.2, 0) is 37.3 Å². The van der Waals surface area contributed by atoms with Gasteiger partial charge in [0.15, 0.2) is 0 Å². The van der Waals surface area contributed by atoms with E-state index < -0.39 is 0 Å². The van der Waals surface area contributed by atoms with Crippen LogP contribution < -0.4 is 14.5 Å². The molecule has 1 aliphatic rings. The number of rotatable bonds is 9. The fraction of sp³-hybridized carbons (Fsp3) is 0.172. The zero-order valence-corrected chi connectivity index (χ0v) is 39.6. The minimum absolute atomic E-state index is 0. The van der Waals surface area contributed by atoms with Gasteiger partial charge in [0.05, 0.1) is 0 Å². The maximum absolute atomic E-state index is 6.70. The Morgan fingerprint density at radius 3 is 1.81 bits per heavy atom. The molecule has 0 amide bonds. The van der Waals surface area contributed by atoms with Gasteiger partial charge in [-0.1, -0.05) is 151 Å². The summed E-state index contributed by atoms with van der Waals surface area (Å²) in [6.07, 6.45) is 1.93. The third-order valence-corrected chi connectivity index (χ3v) is 12.9. The molecule has 1 aliphatic heterocycles. The van der Waals surface area contributed by atoms with E-state index in [-0.39, 0.29) is 37.3 Å². The van der Waals surface area contributed by atoms with E-state index in [1.165, 1.54) is 33.2 Å². The van der Waals surface area contributed by atoms with Gasteiger partial charge in [0.2, 0.25) is 0 Å². The Balaban J connectivity index is 0.00000518. The molecule has 6 heteroatoms. The number of benzene rings is 7. The van der Waals surface area contributed by atoms with Crippen molar-refractivity contribution in [1.82, 2.24) is 9.55 Å². The predicted molar refractivity (Wildman–Crippen MR) is 260 cm³/mol. The minimum atomic E-state index is -0.235. The molecular formula is C58H51N4OPt-3. The van der Waals surface area contributed by atoms with Crippen LogP contribution in [0.4, 0.5) is 22.7 Å². The Morgan fingerprint density at radius 1 is 0.531 bits per heavy atom. The molecule has 0 aliphatic carbocycles. The molecule has 9 aromatic rings. The molecule has 0 spiro atoms. The predicted octanol–water partition coefficient (Wildman–Crippen LogP) is 14.9. The number of hydrogen-bond donors (Lipinski definition) is 0. The topological polar surface area (TPSA) is 33.5 Å². The van der Waals surface area contributed by atoms with Crippen LogP contribution in [0, 0.1) is 18.8 Å². The summed E-state index contributed by atoms with van der Waals surface area (Å²) in [7, 11) is 0. The van der Waals surface area contributed by atoms with Crippen molar-refractivity contribution >= 4 is 44.6 Å². The summed E-state index contributed by atoms with van der Waals surface area (Å²) in [4.78, 5) is 9.46. The van der Waals surface area contributed by atoms with E-state index in [0.29, 0.717) is 11.5 Å². The fourth-order valence-electron chi connectivity index (χ4n) is 9.18. The van der Waals surface area contributed by atoms with Crippen LogP contribution in [0.15, 0.2) is 176 Å². The summed E-state index contributed by atoms with van der Waals surface area (Å²) in [5.74, 6) is 2.04. The second kappa shape index (κ2) is 16.6. The molecule has 0 saturated heterocycles. The normalized spacial score (nSPS) is 13.0. The number of hydrogen-bond acceptors (Lipinski definition) is 4. The summed E-state index contributed by atoms with van der Waals surface area (Å²) < 4.78 is 8.95. The summed E-state index contributed by atoms with van der Waals surface area (Å²) in [6, 6.07) is 67.3. The number of para-hydroxylation sites is 2. The van der Waals surface area contributed by atoms with Crippen molar-refractivity contribution in [2.75, 3.05) is 9.80 Å². The van der Waals surface area contributed by atoms with E-state index >= 15 is 0 Å². The van der Waals surface area contributed by atoms with Gasteiger partial charge in [-0.3, -0.25) is 0 Å². The van der Waals surface area contributed by atoms with E-state index in [2.05, 4.69) is 233 Å². The Kier molecular flexibility index (Phi) is 11.1. The van der Waals surface area contributed by atoms with Crippen LogP contribution in [-0.4, -0.2) is 9.55 Å². The number of aromatic nitrogens is 2. The van der Waals surface area contributed by atoms with Crippen molar-refractivity contribution in [3.8, 4) is 17.3 Å². The maximum Gasteiger partial charge on any atom is 0.135 e. The maximum atomic E-state index is 6.70. The van der Waals surface area contributed by atoms with Crippen molar-refractivity contribution in [1.29, 1.82) is 0 Å². The van der Waals surface area contributed by atoms with Crippen molar-refractivity contribution < 1.29 is 25.8 Å². The molecular weight excluding hydrogens is 964 g/mol. The number of pyridine rings is 1. The smallest absolute Gasteiger partial charge is 0.135 e. The van der Waals surface area contributed by atoms with Crippen LogP contribution in [0.2, 0.25) is 0 Å². The van der Waals surface area contributed by atoms with E-state index in [9.17, 15) is 0 Å². The quantitative estimate of drug-likeness (QED) is 0.135. The van der Waals surface area contributed by atoms with Crippen molar-refractivity contribution in [2.24, 2.45) is 0 Å². The molecule has 0 saturated carbocycles. The van der Waals surface area contributed by atoms with Crippen LogP contribution in [0.1, 0.15) is 76.3 Å². The molecule has 3 heterocycles. The van der Waals surface area contributed by atoms with Gasteiger partial charge in [-0.2, -0.15) is 12.1 Å². The Hall–Kier alpha value is -6.42. The van der Waals surface area contributed by atoms with Gasteiger partial charge >= 0.3 is 0 Å². The van der Waals surface area contributed by atoms with Crippen LogP contribution in [0.5, 0.6) is 11.5 Å². The SMILES string of the molecule is CC(C)(C)c1cccc2c1c1ccc(Oc3[c-]c(N4[CH-]N(c5cccc(C(C)(C)c6ccccc6)c5)c5ccccc54)ccc3)[c-]c1n2-c1cc(C(C)(C)c2ccccc2)ccn1.[Pt]. The second-order valence-electron chi connectivity index (χ2n) is 18.7. The Bertz CT molecular complexity index is 3130. The minimum Gasteiger partial charge on any atom is -0.509 e. The van der Waals surface area contributed by atoms with Crippen molar-refractivity contribution in [2.45, 2.75) is 64.7 Å². The molecule has 0 fully saturated rings. The molecule has 7 aromatic carbocycles. The molecule has 0 atom stereocenters. The number of fused-ring (bicyclic) bond motifs is 4. The monoisotopic (exact) mass is 1010 g/mol. The van der Waals surface area contributed by atoms with Gasteiger partial charge in [0.25, 0.3) is 0 Å². The second-order valence-corrected chi connectivity index (χ2v) is 18.7. The van der Waals surface area contributed by atoms with Gasteiger partial charge in [-0.05, 0) is 81.1 Å². The van der Waals surface area contributed by atoms with E-state index in [4.69, 9.17) is 9.72 Å². The first-order valence-electron chi connectivity index (χ1n) is 21.8. The molecule has 0 radical (unpaired) electrons. The summed E-state index contributed by atoms with van der Waals surface area (Å²) >= 11 is 0. The molecule has 0 unspecified atom stereocenters. The largest absolute Gasteiger partial charge is 0.509 e. The van der Waals surface area contributed by atoms with Gasteiger partial charge in [0, 0.05) is 72.2 Å².